The van der Waals surface area contributed by atoms with E-state index in [1.165, 1.54) is 4.90 Å². The third-order valence-electron chi connectivity index (χ3n) is 3.58. The van der Waals surface area contributed by atoms with Crippen LogP contribution in [0.2, 0.25) is 0 Å². The predicted octanol–water partition coefficient (Wildman–Crippen LogP) is 2.04. The van der Waals surface area contributed by atoms with E-state index >= 15 is 0 Å². The molecule has 0 aliphatic carbocycles. The second-order valence-corrected chi connectivity index (χ2v) is 5.83. The molecule has 1 aromatic carbocycles. The fraction of sp³-hybridized carbons (Fsp3) is 0.500. The van der Waals surface area contributed by atoms with Gasteiger partial charge in [-0.1, -0.05) is 12.1 Å². The van der Waals surface area contributed by atoms with Gasteiger partial charge < -0.3 is 14.7 Å². The predicted molar refractivity (Wildman–Crippen MR) is 78.6 cm³/mol. The van der Waals surface area contributed by atoms with Crippen molar-refractivity contribution in [1.82, 2.24) is 4.90 Å². The number of carbonyl (C=O) groups is 2. The number of aliphatic carboxylic acids is 1. The molecule has 0 saturated carbocycles. The number of carboxylic acids is 1. The molecule has 1 aliphatic heterocycles. The molecule has 1 atom stereocenters. The molecule has 2 rings (SSSR count). The Bertz CT molecular complexity index is 575. The fourth-order valence-corrected chi connectivity index (χ4v) is 2.45. The molecule has 0 bridgehead atoms. The number of rotatable bonds is 5. The molecular weight excluding hydrogens is 289 g/mol. The molecule has 1 heterocycles. The minimum atomic E-state index is -2.32. The molecule has 1 unspecified atom stereocenters. The smallest absolute Gasteiger partial charge is 0.343 e. The molecule has 0 spiro atoms. The highest BCUT2D eigenvalue weighted by atomic mass is 19.1. The van der Waals surface area contributed by atoms with Gasteiger partial charge in [-0.2, -0.15) is 0 Å². The van der Waals surface area contributed by atoms with Crippen LogP contribution in [0.3, 0.4) is 0 Å². The van der Waals surface area contributed by atoms with Crippen LogP contribution in [0.4, 0.5) is 4.39 Å². The number of ether oxygens (including phenoxy) is 1. The Morgan fingerprint density at radius 1 is 1.45 bits per heavy atom. The first-order valence-corrected chi connectivity index (χ1v) is 7.26. The van der Waals surface area contributed by atoms with E-state index in [9.17, 15) is 14.0 Å². The number of halogens is 1. The lowest BCUT2D eigenvalue weighted by atomic mass is 10.1. The van der Waals surface area contributed by atoms with Crippen LogP contribution in [0.1, 0.15) is 25.8 Å². The molecule has 22 heavy (non-hydrogen) atoms. The molecule has 6 heteroatoms. The molecule has 1 aliphatic rings. The van der Waals surface area contributed by atoms with Crippen molar-refractivity contribution >= 4 is 11.9 Å². The van der Waals surface area contributed by atoms with Crippen LogP contribution < -0.4 is 4.74 Å². The van der Waals surface area contributed by atoms with E-state index in [2.05, 4.69) is 0 Å². The summed E-state index contributed by atoms with van der Waals surface area (Å²) in [4.78, 5) is 24.3. The Balaban J connectivity index is 2.00. The number of likely N-dealkylation sites (tertiary alicyclic amines) is 1. The van der Waals surface area contributed by atoms with Crippen LogP contribution in [0, 0.1) is 0 Å². The number of benzene rings is 1. The van der Waals surface area contributed by atoms with Crippen LogP contribution in [0.5, 0.6) is 5.75 Å². The Hall–Kier alpha value is -2.11. The quantitative estimate of drug-likeness (QED) is 0.904. The Labute approximate surface area is 128 Å². The summed E-state index contributed by atoms with van der Waals surface area (Å²) in [7, 11) is 0. The fourth-order valence-electron chi connectivity index (χ4n) is 2.45. The highest BCUT2D eigenvalue weighted by Gasteiger charge is 2.46. The maximum absolute atomic E-state index is 14.0. The van der Waals surface area contributed by atoms with E-state index in [-0.39, 0.29) is 37.9 Å². The molecule has 1 fully saturated rings. The maximum atomic E-state index is 14.0. The lowest BCUT2D eigenvalue weighted by Crippen LogP contribution is -2.39. The molecule has 5 nitrogen and oxygen atoms in total. The van der Waals surface area contributed by atoms with Crippen LogP contribution in [-0.4, -0.2) is 46.7 Å². The molecule has 0 aromatic heterocycles. The van der Waals surface area contributed by atoms with Gasteiger partial charge in [0.15, 0.2) is 0 Å². The van der Waals surface area contributed by atoms with Crippen molar-refractivity contribution in [2.45, 2.75) is 38.5 Å². The van der Waals surface area contributed by atoms with Gasteiger partial charge >= 0.3 is 5.97 Å². The summed E-state index contributed by atoms with van der Waals surface area (Å²) in [6, 6.07) is 7.16. The zero-order valence-corrected chi connectivity index (χ0v) is 12.7. The minimum Gasteiger partial charge on any atom is -0.491 e. The Morgan fingerprint density at radius 3 is 2.77 bits per heavy atom. The standard InChI is InChI=1S/C16H20FNO4/c1-11(2)22-13-5-3-4-12(8-13)9-14(19)18-7-6-16(17,10-18)15(20)21/h3-5,8,11H,6-7,9-10H2,1-2H3,(H,20,21). The normalized spacial score (nSPS) is 21.2. The van der Waals surface area contributed by atoms with Gasteiger partial charge in [-0.15, -0.1) is 0 Å². The van der Waals surface area contributed by atoms with Crippen molar-refractivity contribution in [2.24, 2.45) is 0 Å². The van der Waals surface area contributed by atoms with Crippen molar-refractivity contribution in [3.63, 3.8) is 0 Å². The first-order valence-electron chi connectivity index (χ1n) is 7.26. The number of carbonyl (C=O) groups excluding carboxylic acids is 1. The summed E-state index contributed by atoms with van der Waals surface area (Å²) in [6.07, 6.45) is -0.0255. The molecule has 120 valence electrons. The van der Waals surface area contributed by atoms with E-state index in [1.807, 2.05) is 13.8 Å². The maximum Gasteiger partial charge on any atom is 0.343 e. The average molecular weight is 309 g/mol. The van der Waals surface area contributed by atoms with Gasteiger partial charge in [-0.05, 0) is 31.5 Å². The number of hydrogen-bond acceptors (Lipinski definition) is 3. The SMILES string of the molecule is CC(C)Oc1cccc(CC(=O)N2CCC(F)(C(=O)O)C2)c1. The average Bonchev–Trinajstić information content (AvgIpc) is 2.82. The third-order valence-corrected chi connectivity index (χ3v) is 3.58. The van der Waals surface area contributed by atoms with E-state index in [1.54, 1.807) is 24.3 Å². The second kappa shape index (κ2) is 6.34. The van der Waals surface area contributed by atoms with Crippen LogP contribution in [0.15, 0.2) is 24.3 Å². The van der Waals surface area contributed by atoms with Crippen molar-refractivity contribution in [1.29, 1.82) is 0 Å². The second-order valence-electron chi connectivity index (χ2n) is 5.83. The van der Waals surface area contributed by atoms with Gasteiger partial charge in [-0.3, -0.25) is 4.79 Å². The van der Waals surface area contributed by atoms with Crippen LogP contribution >= 0.6 is 0 Å². The Kier molecular flexibility index (Phi) is 4.68. The summed E-state index contributed by atoms with van der Waals surface area (Å²) >= 11 is 0. The number of amides is 1. The van der Waals surface area contributed by atoms with Crippen molar-refractivity contribution < 1.29 is 23.8 Å². The first-order chi connectivity index (χ1) is 10.3. The highest BCUT2D eigenvalue weighted by molar-refractivity contribution is 5.83. The summed E-state index contributed by atoms with van der Waals surface area (Å²) in [5, 5.41) is 8.85. The first kappa shape index (κ1) is 16.3. The van der Waals surface area contributed by atoms with Gasteiger partial charge in [0.2, 0.25) is 11.6 Å². The van der Waals surface area contributed by atoms with Crippen LogP contribution in [-0.2, 0) is 16.0 Å². The summed E-state index contributed by atoms with van der Waals surface area (Å²) < 4.78 is 19.5. The zero-order valence-electron chi connectivity index (χ0n) is 12.7. The summed E-state index contributed by atoms with van der Waals surface area (Å²) in [5.74, 6) is -1.11. The monoisotopic (exact) mass is 309 g/mol. The van der Waals surface area contributed by atoms with Crippen molar-refractivity contribution in [2.75, 3.05) is 13.1 Å². The van der Waals surface area contributed by atoms with E-state index < -0.39 is 11.6 Å². The van der Waals surface area contributed by atoms with Crippen molar-refractivity contribution in [3.8, 4) is 5.75 Å². The number of alkyl halides is 1. The molecule has 1 N–H and O–H groups in total. The summed E-state index contributed by atoms with van der Waals surface area (Å²) in [6.45, 7) is 3.57. The van der Waals surface area contributed by atoms with Gasteiger partial charge in [0, 0.05) is 13.0 Å². The van der Waals surface area contributed by atoms with E-state index in [0.29, 0.717) is 5.75 Å². The van der Waals surface area contributed by atoms with E-state index in [4.69, 9.17) is 9.84 Å². The Morgan fingerprint density at radius 2 is 2.18 bits per heavy atom. The van der Waals surface area contributed by atoms with Gasteiger partial charge in [0.25, 0.3) is 0 Å². The number of hydrogen-bond donors (Lipinski definition) is 1. The molecular formula is C16H20FNO4. The highest BCUT2D eigenvalue weighted by Crippen LogP contribution is 2.26. The third kappa shape index (κ3) is 3.75. The van der Waals surface area contributed by atoms with Crippen molar-refractivity contribution in [3.05, 3.63) is 29.8 Å². The topological polar surface area (TPSA) is 66.8 Å². The van der Waals surface area contributed by atoms with Gasteiger partial charge in [0.1, 0.15) is 5.75 Å². The lowest BCUT2D eigenvalue weighted by Gasteiger charge is -2.18. The molecule has 1 aromatic rings. The summed E-state index contributed by atoms with van der Waals surface area (Å²) in [5.41, 5.74) is -1.56. The number of nitrogens with zero attached hydrogens (tertiary/aromatic N) is 1. The van der Waals surface area contributed by atoms with E-state index in [0.717, 1.165) is 5.56 Å². The van der Waals surface area contributed by atoms with Gasteiger partial charge in [0.05, 0.1) is 19.1 Å². The molecule has 1 saturated heterocycles. The van der Waals surface area contributed by atoms with Gasteiger partial charge in [-0.25, -0.2) is 9.18 Å². The minimum absolute atomic E-state index is 0.0345. The zero-order chi connectivity index (χ0) is 16.3. The lowest BCUT2D eigenvalue weighted by molar-refractivity contribution is -0.150. The molecule has 0 radical (unpaired) electrons. The number of carboxylic acid groups (broad SMARTS) is 1. The molecule has 1 amide bonds. The largest absolute Gasteiger partial charge is 0.491 e. The van der Waals surface area contributed by atoms with Crippen LogP contribution in [0.25, 0.3) is 0 Å².